The molecule has 200 valence electrons. The molecule has 9 nitrogen and oxygen atoms in total. The molecule has 0 spiro atoms. The summed E-state index contributed by atoms with van der Waals surface area (Å²) in [6, 6.07) is 14.1. The monoisotopic (exact) mass is 594 g/mol. The number of benzene rings is 2. The highest BCUT2D eigenvalue weighted by molar-refractivity contribution is 9.10. The van der Waals surface area contributed by atoms with Gasteiger partial charge in [-0.3, -0.25) is 4.79 Å². The summed E-state index contributed by atoms with van der Waals surface area (Å²) in [4.78, 5) is 12.8. The lowest BCUT2D eigenvalue weighted by Gasteiger charge is -2.30. The number of carbonyl (C=O) groups is 1. The summed E-state index contributed by atoms with van der Waals surface area (Å²) in [6.45, 7) is -0.398. The molecule has 2 aliphatic rings. The van der Waals surface area contributed by atoms with Crippen molar-refractivity contribution in [3.05, 3.63) is 70.4 Å². The molecule has 37 heavy (non-hydrogen) atoms. The first-order chi connectivity index (χ1) is 17.8. The average molecular weight is 596 g/mol. The van der Waals surface area contributed by atoms with Crippen molar-refractivity contribution in [2.45, 2.75) is 42.4 Å². The van der Waals surface area contributed by atoms with Crippen molar-refractivity contribution in [3.8, 4) is 5.75 Å². The second-order valence-electron chi connectivity index (χ2n) is 8.89. The Hall–Kier alpha value is -2.44. The number of amides is 1. The quantitative estimate of drug-likeness (QED) is 0.388. The summed E-state index contributed by atoms with van der Waals surface area (Å²) in [5.41, 5.74) is 1.01. The Morgan fingerprint density at radius 3 is 2.46 bits per heavy atom. The summed E-state index contributed by atoms with van der Waals surface area (Å²) in [7, 11) is -2.36. The number of carbonyl (C=O) groups excluding carboxylic acids is 1. The summed E-state index contributed by atoms with van der Waals surface area (Å²) < 4.78 is 45.3. The van der Waals surface area contributed by atoms with E-state index in [1.54, 1.807) is 12.1 Å². The second kappa shape index (κ2) is 12.4. The molecule has 0 aromatic heterocycles. The third-order valence-corrected chi connectivity index (χ3v) is 8.62. The number of nitrogens with zero attached hydrogens (tertiary/aromatic N) is 1. The fourth-order valence-corrected chi connectivity index (χ4v) is 5.67. The van der Waals surface area contributed by atoms with Crippen LogP contribution in [0.4, 0.5) is 0 Å². The van der Waals surface area contributed by atoms with E-state index in [9.17, 15) is 18.3 Å². The Balaban J connectivity index is 1.43. The van der Waals surface area contributed by atoms with Gasteiger partial charge < -0.3 is 24.6 Å². The highest BCUT2D eigenvalue weighted by Crippen LogP contribution is 2.33. The average Bonchev–Trinajstić information content (AvgIpc) is 3.72. The summed E-state index contributed by atoms with van der Waals surface area (Å²) in [6.07, 6.45) is 3.45. The van der Waals surface area contributed by atoms with E-state index in [0.717, 1.165) is 22.9 Å². The van der Waals surface area contributed by atoms with Gasteiger partial charge in [0.05, 0.1) is 25.2 Å². The van der Waals surface area contributed by atoms with Gasteiger partial charge in [0.25, 0.3) is 5.91 Å². The molecule has 4 rings (SSSR count). The minimum Gasteiger partial charge on any atom is -0.497 e. The molecule has 0 radical (unpaired) electrons. The van der Waals surface area contributed by atoms with Gasteiger partial charge in [-0.25, -0.2) is 8.42 Å². The molecule has 1 aliphatic carbocycles. The van der Waals surface area contributed by atoms with Gasteiger partial charge >= 0.3 is 0 Å². The van der Waals surface area contributed by atoms with Gasteiger partial charge in [-0.2, -0.15) is 4.31 Å². The minimum atomic E-state index is -3.86. The molecule has 0 bridgehead atoms. The van der Waals surface area contributed by atoms with Crippen LogP contribution in [0, 0.1) is 0 Å². The first-order valence-corrected chi connectivity index (χ1v) is 14.3. The number of hydrogen-bond acceptors (Lipinski definition) is 7. The van der Waals surface area contributed by atoms with Gasteiger partial charge in [0.15, 0.2) is 5.76 Å². The SMILES string of the molecule is COc1ccc(S(=O)(=O)N(CCO)CCO[C@@H]2C[C@H](c3ccc(Br)cc3)C=C(C(=O)NC3CC3)O2)cc1. The molecule has 0 unspecified atom stereocenters. The second-order valence-corrected chi connectivity index (χ2v) is 11.7. The molecule has 2 atom stereocenters. The zero-order valence-corrected chi connectivity index (χ0v) is 22.9. The van der Waals surface area contributed by atoms with Crippen molar-refractivity contribution in [2.24, 2.45) is 0 Å². The lowest BCUT2D eigenvalue weighted by atomic mass is 9.93. The highest BCUT2D eigenvalue weighted by atomic mass is 79.9. The number of ether oxygens (including phenoxy) is 3. The molecule has 1 heterocycles. The van der Waals surface area contributed by atoms with Crippen LogP contribution in [0.3, 0.4) is 0 Å². The van der Waals surface area contributed by atoms with Crippen molar-refractivity contribution in [1.82, 2.24) is 9.62 Å². The fourth-order valence-electron chi connectivity index (χ4n) is 3.99. The van der Waals surface area contributed by atoms with Crippen LogP contribution in [0.1, 0.15) is 30.7 Å². The number of allylic oxidation sites excluding steroid dienone is 1. The van der Waals surface area contributed by atoms with Crippen molar-refractivity contribution >= 4 is 31.9 Å². The van der Waals surface area contributed by atoms with E-state index in [0.29, 0.717) is 12.2 Å². The van der Waals surface area contributed by atoms with Crippen LogP contribution in [0.5, 0.6) is 5.75 Å². The molecule has 1 aliphatic heterocycles. The number of sulfonamides is 1. The molecule has 0 saturated heterocycles. The number of aliphatic hydroxyl groups is 1. The molecule has 2 N–H and O–H groups in total. The van der Waals surface area contributed by atoms with Gasteiger partial charge in [-0.1, -0.05) is 28.1 Å². The molecular weight excluding hydrogens is 564 g/mol. The number of halogens is 1. The Labute approximate surface area is 225 Å². The molecule has 1 fully saturated rings. The lowest BCUT2D eigenvalue weighted by molar-refractivity contribution is -0.146. The van der Waals surface area contributed by atoms with Crippen LogP contribution in [0.2, 0.25) is 0 Å². The maximum atomic E-state index is 13.1. The number of rotatable bonds is 12. The van der Waals surface area contributed by atoms with E-state index < -0.39 is 16.3 Å². The number of nitrogens with one attached hydrogen (secondary N) is 1. The molecular formula is C26H31BrN2O7S. The van der Waals surface area contributed by atoms with Gasteiger partial charge in [0.1, 0.15) is 5.75 Å². The zero-order valence-electron chi connectivity index (χ0n) is 20.5. The number of hydrogen-bond donors (Lipinski definition) is 2. The Bertz CT molecular complexity index is 1200. The smallest absolute Gasteiger partial charge is 0.286 e. The van der Waals surface area contributed by atoms with Crippen LogP contribution in [-0.2, 0) is 24.3 Å². The predicted octanol–water partition coefficient (Wildman–Crippen LogP) is 3.15. The van der Waals surface area contributed by atoms with Gasteiger partial charge in [-0.05, 0) is 60.9 Å². The largest absolute Gasteiger partial charge is 0.497 e. The van der Waals surface area contributed by atoms with Crippen LogP contribution >= 0.6 is 15.9 Å². The van der Waals surface area contributed by atoms with Crippen LogP contribution in [0.25, 0.3) is 0 Å². The Morgan fingerprint density at radius 2 is 1.84 bits per heavy atom. The minimum absolute atomic E-state index is 0.00501. The third-order valence-electron chi connectivity index (χ3n) is 6.18. The van der Waals surface area contributed by atoms with E-state index in [1.807, 2.05) is 30.3 Å². The molecule has 1 saturated carbocycles. The fraction of sp³-hybridized carbons (Fsp3) is 0.423. The van der Waals surface area contributed by atoms with Crippen molar-refractivity contribution in [3.63, 3.8) is 0 Å². The predicted molar refractivity (Wildman–Crippen MR) is 140 cm³/mol. The molecule has 11 heteroatoms. The normalized spacial score (nSPS) is 19.7. The topological polar surface area (TPSA) is 114 Å². The van der Waals surface area contributed by atoms with Crippen molar-refractivity contribution in [1.29, 1.82) is 0 Å². The summed E-state index contributed by atoms with van der Waals surface area (Å²) >= 11 is 3.44. The first-order valence-electron chi connectivity index (χ1n) is 12.1. The highest BCUT2D eigenvalue weighted by Gasteiger charge is 2.32. The molecule has 2 aromatic rings. The maximum absolute atomic E-state index is 13.1. The van der Waals surface area contributed by atoms with E-state index >= 15 is 0 Å². The first kappa shape index (κ1) is 27.6. The van der Waals surface area contributed by atoms with Crippen molar-refractivity contribution in [2.75, 3.05) is 33.4 Å². The van der Waals surface area contributed by atoms with Gasteiger partial charge in [0, 0.05) is 35.9 Å². The zero-order chi connectivity index (χ0) is 26.4. The Morgan fingerprint density at radius 1 is 1.14 bits per heavy atom. The van der Waals surface area contributed by atoms with E-state index in [2.05, 4.69) is 21.2 Å². The standard InChI is InChI=1S/C26H31BrN2O7S/c1-34-22-8-10-23(11-9-22)37(32,33)29(12-14-30)13-15-35-25-17-19(18-2-4-20(27)5-3-18)16-24(36-25)26(31)28-21-6-7-21/h2-5,8-11,16,19,21,25,30H,6-7,12-15,17H2,1H3,(H,28,31)/t19-,25+/m1/s1. The molecule has 1 amide bonds. The summed E-state index contributed by atoms with van der Waals surface area (Å²) in [5, 5.41) is 12.4. The van der Waals surface area contributed by atoms with E-state index in [-0.39, 0.29) is 54.8 Å². The van der Waals surface area contributed by atoms with Gasteiger partial charge in [0.2, 0.25) is 16.3 Å². The summed E-state index contributed by atoms with van der Waals surface area (Å²) in [5.74, 6) is 0.361. The van der Waals surface area contributed by atoms with Gasteiger partial charge in [-0.15, -0.1) is 0 Å². The maximum Gasteiger partial charge on any atom is 0.286 e. The van der Waals surface area contributed by atoms with Crippen LogP contribution < -0.4 is 10.1 Å². The lowest BCUT2D eigenvalue weighted by Crippen LogP contribution is -2.38. The van der Waals surface area contributed by atoms with Crippen molar-refractivity contribution < 1.29 is 32.5 Å². The molecule has 2 aromatic carbocycles. The van der Waals surface area contributed by atoms with Crippen LogP contribution in [0.15, 0.2) is 69.7 Å². The van der Waals surface area contributed by atoms with E-state index in [4.69, 9.17) is 14.2 Å². The third kappa shape index (κ3) is 7.32. The van der Waals surface area contributed by atoms with Crippen LogP contribution in [-0.4, -0.2) is 69.5 Å². The van der Waals surface area contributed by atoms with E-state index in [1.165, 1.54) is 23.5 Å². The number of aliphatic hydroxyl groups excluding tert-OH is 1. The Kier molecular flexibility index (Phi) is 9.25. The number of methoxy groups -OCH3 is 1.